The van der Waals surface area contributed by atoms with Gasteiger partial charge in [-0.15, -0.1) is 0 Å². The Hall–Kier alpha value is -2.49. The molecular formula is C16H15N3O. The summed E-state index contributed by atoms with van der Waals surface area (Å²) in [5.74, 6) is -0.0195. The zero-order valence-corrected chi connectivity index (χ0v) is 11.5. The molecule has 0 fully saturated rings. The second kappa shape index (κ2) is 4.89. The summed E-state index contributed by atoms with van der Waals surface area (Å²) in [6, 6.07) is 11.5. The molecule has 0 unspecified atom stereocenters. The zero-order chi connectivity index (χ0) is 14.1. The van der Waals surface area contributed by atoms with Crippen molar-refractivity contribution in [2.24, 2.45) is 5.10 Å². The molecule has 3 rings (SSSR count). The molecule has 4 nitrogen and oxygen atoms in total. The Balaban J connectivity index is 1.96. The molecule has 4 heteroatoms. The van der Waals surface area contributed by atoms with Crippen LogP contribution in [-0.4, -0.2) is 16.6 Å². The minimum Gasteiger partial charge on any atom is -0.272 e. The van der Waals surface area contributed by atoms with Crippen molar-refractivity contribution < 1.29 is 4.79 Å². The van der Waals surface area contributed by atoms with Gasteiger partial charge in [0.1, 0.15) is 0 Å². The smallest absolute Gasteiger partial charge is 0.253 e. The summed E-state index contributed by atoms with van der Waals surface area (Å²) in [6.07, 6.45) is 2.00. The summed E-state index contributed by atoms with van der Waals surface area (Å²) in [5.41, 5.74) is 4.64. The number of carbonyl (C=O) groups excluding carboxylic acids is 1. The summed E-state index contributed by atoms with van der Waals surface area (Å²) in [7, 11) is 0. The highest BCUT2D eigenvalue weighted by Gasteiger charge is 2.26. The standard InChI is InChI=1S/C16H15N3O/c1-11-6-7-13(9-12(11)2)19-16(20)10-15(18-19)14-5-3-4-8-17-14/h3-9H,10H2,1-2H3. The number of rotatable bonds is 2. The van der Waals surface area contributed by atoms with E-state index in [-0.39, 0.29) is 5.91 Å². The van der Waals surface area contributed by atoms with Gasteiger partial charge < -0.3 is 0 Å². The molecule has 1 aliphatic rings. The van der Waals surface area contributed by atoms with Crippen LogP contribution in [0.5, 0.6) is 0 Å². The third-order valence-corrected chi connectivity index (χ3v) is 3.47. The number of hydrazone groups is 1. The van der Waals surface area contributed by atoms with Gasteiger partial charge in [-0.05, 0) is 49.2 Å². The number of anilines is 1. The number of carbonyl (C=O) groups is 1. The molecule has 0 aliphatic carbocycles. The van der Waals surface area contributed by atoms with Crippen LogP contribution in [0, 0.1) is 13.8 Å². The van der Waals surface area contributed by atoms with Crippen molar-refractivity contribution in [2.75, 3.05) is 5.01 Å². The van der Waals surface area contributed by atoms with Crippen LogP contribution in [0.2, 0.25) is 0 Å². The minimum atomic E-state index is -0.0195. The first-order valence-corrected chi connectivity index (χ1v) is 6.54. The average Bonchev–Trinajstić information content (AvgIpc) is 2.85. The third kappa shape index (κ3) is 2.20. The molecule has 20 heavy (non-hydrogen) atoms. The molecule has 1 aliphatic heterocycles. The maximum Gasteiger partial charge on any atom is 0.253 e. The van der Waals surface area contributed by atoms with Crippen LogP contribution in [-0.2, 0) is 4.79 Å². The number of aromatic nitrogens is 1. The predicted octanol–water partition coefficient (Wildman–Crippen LogP) is 2.84. The number of nitrogens with zero attached hydrogens (tertiary/aromatic N) is 3. The van der Waals surface area contributed by atoms with Crippen LogP contribution >= 0.6 is 0 Å². The summed E-state index contributed by atoms with van der Waals surface area (Å²) in [6.45, 7) is 4.08. The number of amides is 1. The monoisotopic (exact) mass is 265 g/mol. The lowest BCUT2D eigenvalue weighted by molar-refractivity contribution is -0.116. The second-order valence-corrected chi connectivity index (χ2v) is 4.91. The number of aryl methyl sites for hydroxylation is 2. The van der Waals surface area contributed by atoms with E-state index in [2.05, 4.69) is 10.1 Å². The topological polar surface area (TPSA) is 45.6 Å². The summed E-state index contributed by atoms with van der Waals surface area (Å²) < 4.78 is 0. The quantitative estimate of drug-likeness (QED) is 0.838. The largest absolute Gasteiger partial charge is 0.272 e. The van der Waals surface area contributed by atoms with Gasteiger partial charge in [0.25, 0.3) is 5.91 Å². The van der Waals surface area contributed by atoms with E-state index < -0.39 is 0 Å². The van der Waals surface area contributed by atoms with Crippen molar-refractivity contribution in [1.82, 2.24) is 4.98 Å². The SMILES string of the molecule is Cc1ccc(N2N=C(c3ccccn3)CC2=O)cc1C. The molecule has 1 aromatic heterocycles. The first-order valence-electron chi connectivity index (χ1n) is 6.54. The van der Waals surface area contributed by atoms with Crippen LogP contribution in [0.1, 0.15) is 23.2 Å². The van der Waals surface area contributed by atoms with Gasteiger partial charge in [0, 0.05) is 6.20 Å². The zero-order valence-electron chi connectivity index (χ0n) is 11.5. The van der Waals surface area contributed by atoms with E-state index in [1.807, 2.05) is 50.2 Å². The van der Waals surface area contributed by atoms with E-state index in [1.165, 1.54) is 10.6 Å². The van der Waals surface area contributed by atoms with Gasteiger partial charge in [0.05, 0.1) is 23.5 Å². The fourth-order valence-corrected chi connectivity index (χ4v) is 2.16. The third-order valence-electron chi connectivity index (χ3n) is 3.47. The molecule has 2 aromatic rings. The van der Waals surface area contributed by atoms with Gasteiger partial charge in [-0.3, -0.25) is 9.78 Å². The van der Waals surface area contributed by atoms with Gasteiger partial charge in [-0.25, -0.2) is 5.01 Å². The molecule has 1 aromatic carbocycles. The van der Waals surface area contributed by atoms with Gasteiger partial charge in [-0.2, -0.15) is 5.10 Å². The Labute approximate surface area is 117 Å². The molecule has 0 bridgehead atoms. The van der Waals surface area contributed by atoms with Gasteiger partial charge in [0.15, 0.2) is 0 Å². The molecule has 0 saturated heterocycles. The number of benzene rings is 1. The second-order valence-electron chi connectivity index (χ2n) is 4.91. The summed E-state index contributed by atoms with van der Waals surface area (Å²) in [4.78, 5) is 16.4. The van der Waals surface area contributed by atoms with Crippen LogP contribution < -0.4 is 5.01 Å². The number of hydrogen-bond acceptors (Lipinski definition) is 3. The normalized spacial score (nSPS) is 14.6. The molecule has 1 amide bonds. The highest BCUT2D eigenvalue weighted by atomic mass is 16.2. The van der Waals surface area contributed by atoms with Crippen molar-refractivity contribution in [3.63, 3.8) is 0 Å². The maximum absolute atomic E-state index is 12.1. The highest BCUT2D eigenvalue weighted by molar-refractivity contribution is 6.18. The number of hydrogen-bond donors (Lipinski definition) is 0. The van der Waals surface area contributed by atoms with E-state index in [4.69, 9.17) is 0 Å². The van der Waals surface area contributed by atoms with Crippen molar-refractivity contribution in [3.05, 3.63) is 59.4 Å². The lowest BCUT2D eigenvalue weighted by Crippen LogP contribution is -2.19. The Morgan fingerprint density at radius 1 is 1.10 bits per heavy atom. The van der Waals surface area contributed by atoms with E-state index in [1.54, 1.807) is 6.20 Å². The lowest BCUT2D eigenvalue weighted by atomic mass is 10.1. The van der Waals surface area contributed by atoms with E-state index in [9.17, 15) is 4.79 Å². The first kappa shape index (κ1) is 12.5. The lowest BCUT2D eigenvalue weighted by Gasteiger charge is -2.13. The summed E-state index contributed by atoms with van der Waals surface area (Å²) in [5, 5.41) is 5.89. The Kier molecular flexibility index (Phi) is 3.06. The fourth-order valence-electron chi connectivity index (χ4n) is 2.16. The van der Waals surface area contributed by atoms with Crippen LogP contribution in [0.3, 0.4) is 0 Å². The molecule has 0 N–H and O–H groups in total. The van der Waals surface area contributed by atoms with E-state index in [0.717, 1.165) is 16.9 Å². The van der Waals surface area contributed by atoms with Crippen molar-refractivity contribution in [1.29, 1.82) is 0 Å². The summed E-state index contributed by atoms with van der Waals surface area (Å²) >= 11 is 0. The van der Waals surface area contributed by atoms with Crippen molar-refractivity contribution in [2.45, 2.75) is 20.3 Å². The molecule has 0 spiro atoms. The van der Waals surface area contributed by atoms with Crippen molar-refractivity contribution >= 4 is 17.3 Å². The molecule has 2 heterocycles. The maximum atomic E-state index is 12.1. The van der Waals surface area contributed by atoms with Crippen LogP contribution in [0.15, 0.2) is 47.7 Å². The average molecular weight is 265 g/mol. The van der Waals surface area contributed by atoms with E-state index >= 15 is 0 Å². The Bertz CT molecular complexity index is 692. The fraction of sp³-hybridized carbons (Fsp3) is 0.188. The van der Waals surface area contributed by atoms with Gasteiger partial charge in [0.2, 0.25) is 0 Å². The molecular weight excluding hydrogens is 250 g/mol. The van der Waals surface area contributed by atoms with Gasteiger partial charge in [-0.1, -0.05) is 12.1 Å². The first-order chi connectivity index (χ1) is 9.65. The Morgan fingerprint density at radius 3 is 2.65 bits per heavy atom. The molecule has 100 valence electrons. The molecule has 0 atom stereocenters. The number of pyridine rings is 1. The Morgan fingerprint density at radius 2 is 1.95 bits per heavy atom. The van der Waals surface area contributed by atoms with Crippen LogP contribution in [0.4, 0.5) is 5.69 Å². The minimum absolute atomic E-state index is 0.0195. The van der Waals surface area contributed by atoms with E-state index in [0.29, 0.717) is 12.1 Å². The molecule has 0 saturated carbocycles. The van der Waals surface area contributed by atoms with Crippen LogP contribution in [0.25, 0.3) is 0 Å². The highest BCUT2D eigenvalue weighted by Crippen LogP contribution is 2.24. The van der Waals surface area contributed by atoms with Gasteiger partial charge >= 0.3 is 0 Å². The molecule has 0 radical (unpaired) electrons. The predicted molar refractivity (Wildman–Crippen MR) is 78.8 cm³/mol. The van der Waals surface area contributed by atoms with Crippen molar-refractivity contribution in [3.8, 4) is 0 Å².